The van der Waals surface area contributed by atoms with Crippen LogP contribution < -0.4 is 9.47 Å². The Morgan fingerprint density at radius 1 is 1.00 bits per heavy atom. The van der Waals surface area contributed by atoms with Crippen molar-refractivity contribution in [1.82, 2.24) is 4.90 Å². The molecule has 1 N–H and O–H groups in total. The summed E-state index contributed by atoms with van der Waals surface area (Å²) in [4.78, 5) is 27.6. The average Bonchev–Trinajstić information content (AvgIpc) is 3.07. The third-order valence-electron chi connectivity index (χ3n) is 5.71. The van der Waals surface area contributed by atoms with Gasteiger partial charge in [0.05, 0.1) is 24.8 Å². The molecular weight excluding hydrogens is 418 g/mol. The number of amides is 1. The molecule has 1 amide bonds. The highest BCUT2D eigenvalue weighted by Crippen LogP contribution is 2.40. The summed E-state index contributed by atoms with van der Waals surface area (Å²) in [5.41, 5.74) is 2.20. The molecule has 0 aliphatic carbocycles. The molecule has 0 aromatic heterocycles. The second kappa shape index (κ2) is 11.0. The van der Waals surface area contributed by atoms with E-state index in [-0.39, 0.29) is 11.3 Å². The van der Waals surface area contributed by atoms with Gasteiger partial charge >= 0.3 is 0 Å². The Balaban J connectivity index is 2.07. The normalized spacial score (nSPS) is 17.5. The molecule has 0 bridgehead atoms. The Morgan fingerprint density at radius 3 is 2.33 bits per heavy atom. The maximum Gasteiger partial charge on any atom is 0.295 e. The smallest absolute Gasteiger partial charge is 0.295 e. The van der Waals surface area contributed by atoms with Crippen LogP contribution in [0.15, 0.2) is 48.0 Å². The number of Topliss-reactive ketones (excluding diaryl/α,β-unsaturated/α-hetero) is 1. The number of unbranched alkanes of at least 4 members (excludes halogenated alkanes) is 1. The predicted octanol–water partition coefficient (Wildman–Crippen LogP) is 5.40. The summed E-state index contributed by atoms with van der Waals surface area (Å²) in [6.45, 7) is 9.46. The molecule has 176 valence electrons. The molecule has 1 atom stereocenters. The predicted molar refractivity (Wildman–Crippen MR) is 128 cm³/mol. The van der Waals surface area contributed by atoms with Crippen LogP contribution in [-0.2, 0) is 9.59 Å². The zero-order chi connectivity index (χ0) is 24.0. The van der Waals surface area contributed by atoms with E-state index in [4.69, 9.17) is 9.47 Å². The highest BCUT2D eigenvalue weighted by atomic mass is 16.5. The minimum absolute atomic E-state index is 0.113. The van der Waals surface area contributed by atoms with Gasteiger partial charge in [-0.25, -0.2) is 0 Å². The highest BCUT2D eigenvalue weighted by Gasteiger charge is 2.45. The largest absolute Gasteiger partial charge is 0.507 e. The van der Waals surface area contributed by atoms with E-state index in [0.717, 1.165) is 41.9 Å². The van der Waals surface area contributed by atoms with Crippen molar-refractivity contribution in [3.8, 4) is 11.5 Å². The summed E-state index contributed by atoms with van der Waals surface area (Å²) in [6, 6.07) is 12.0. The summed E-state index contributed by atoms with van der Waals surface area (Å²) in [7, 11) is 0. The molecule has 2 aromatic rings. The summed E-state index contributed by atoms with van der Waals surface area (Å²) >= 11 is 0. The Morgan fingerprint density at radius 2 is 1.73 bits per heavy atom. The number of hydrogen-bond donors (Lipinski definition) is 1. The van der Waals surface area contributed by atoms with Crippen molar-refractivity contribution in [1.29, 1.82) is 0 Å². The van der Waals surface area contributed by atoms with E-state index in [0.29, 0.717) is 25.3 Å². The second-order valence-electron chi connectivity index (χ2n) is 8.18. The van der Waals surface area contributed by atoms with E-state index in [9.17, 15) is 14.7 Å². The fourth-order valence-electron chi connectivity index (χ4n) is 4.02. The van der Waals surface area contributed by atoms with Crippen molar-refractivity contribution in [3.05, 3.63) is 64.7 Å². The Kier molecular flexibility index (Phi) is 8.15. The summed E-state index contributed by atoms with van der Waals surface area (Å²) in [6.07, 6.45) is 2.56. The standard InChI is InChI=1S/C27H33NO5/c1-5-8-15-28-24(19-9-12-21(13-10-19)33-16-6-2)23(26(30)27(28)31)25(29)20-11-14-22(32-7-3)18(4)17-20/h9-14,17,24,29H,5-8,15-16H2,1-4H3/b25-23-. The van der Waals surface area contributed by atoms with Gasteiger partial charge in [0.15, 0.2) is 0 Å². The summed E-state index contributed by atoms with van der Waals surface area (Å²) < 4.78 is 11.3. The number of rotatable bonds is 10. The lowest BCUT2D eigenvalue weighted by atomic mass is 9.94. The van der Waals surface area contributed by atoms with Gasteiger partial charge in [0.1, 0.15) is 17.3 Å². The van der Waals surface area contributed by atoms with Crippen LogP contribution in [0.4, 0.5) is 0 Å². The second-order valence-corrected chi connectivity index (χ2v) is 8.18. The van der Waals surface area contributed by atoms with Crippen LogP contribution in [0.2, 0.25) is 0 Å². The number of aliphatic hydroxyl groups excluding tert-OH is 1. The Bertz CT molecular complexity index is 1030. The Hall–Kier alpha value is -3.28. The number of aliphatic hydroxyl groups is 1. The first kappa shape index (κ1) is 24.4. The lowest BCUT2D eigenvalue weighted by molar-refractivity contribution is -0.139. The molecule has 1 aliphatic heterocycles. The molecule has 0 spiro atoms. The fourth-order valence-corrected chi connectivity index (χ4v) is 4.02. The van der Waals surface area contributed by atoms with Crippen LogP contribution in [0.5, 0.6) is 11.5 Å². The van der Waals surface area contributed by atoms with Gasteiger partial charge in [-0.3, -0.25) is 9.59 Å². The van der Waals surface area contributed by atoms with Crippen LogP contribution in [0.3, 0.4) is 0 Å². The number of likely N-dealkylation sites (tertiary alicyclic amines) is 1. The topological polar surface area (TPSA) is 76.1 Å². The minimum Gasteiger partial charge on any atom is -0.507 e. The number of carbonyl (C=O) groups is 2. The zero-order valence-electron chi connectivity index (χ0n) is 19.9. The van der Waals surface area contributed by atoms with E-state index in [1.165, 1.54) is 0 Å². The molecule has 1 fully saturated rings. The van der Waals surface area contributed by atoms with Crippen LogP contribution in [0.25, 0.3) is 5.76 Å². The number of aryl methyl sites for hydroxylation is 1. The van der Waals surface area contributed by atoms with Crippen molar-refractivity contribution in [2.75, 3.05) is 19.8 Å². The number of hydrogen-bond acceptors (Lipinski definition) is 5. The number of benzene rings is 2. The lowest BCUT2D eigenvalue weighted by Gasteiger charge is -2.25. The van der Waals surface area contributed by atoms with E-state index in [1.54, 1.807) is 23.1 Å². The quantitative estimate of drug-likeness (QED) is 0.297. The molecule has 1 unspecified atom stereocenters. The highest BCUT2D eigenvalue weighted by molar-refractivity contribution is 6.46. The summed E-state index contributed by atoms with van der Waals surface area (Å²) in [5.74, 6) is 0.0372. The van der Waals surface area contributed by atoms with Crippen LogP contribution in [0.1, 0.15) is 62.8 Å². The van der Waals surface area contributed by atoms with Gasteiger partial charge < -0.3 is 19.5 Å². The average molecular weight is 452 g/mol. The Labute approximate surface area is 195 Å². The van der Waals surface area contributed by atoms with E-state index in [1.807, 2.05) is 52.0 Å². The van der Waals surface area contributed by atoms with Gasteiger partial charge in [-0.2, -0.15) is 0 Å². The number of ether oxygens (including phenoxy) is 2. The molecule has 33 heavy (non-hydrogen) atoms. The molecule has 0 saturated carbocycles. The molecular formula is C27H33NO5. The monoisotopic (exact) mass is 451 g/mol. The van der Waals surface area contributed by atoms with Crippen LogP contribution >= 0.6 is 0 Å². The van der Waals surface area contributed by atoms with E-state index >= 15 is 0 Å². The van der Waals surface area contributed by atoms with Crippen LogP contribution in [-0.4, -0.2) is 41.5 Å². The maximum absolute atomic E-state index is 13.1. The van der Waals surface area contributed by atoms with Crippen molar-refractivity contribution in [3.63, 3.8) is 0 Å². The van der Waals surface area contributed by atoms with Crippen molar-refractivity contribution in [2.45, 2.75) is 53.0 Å². The van der Waals surface area contributed by atoms with Gasteiger partial charge in [0, 0.05) is 12.1 Å². The zero-order valence-corrected chi connectivity index (χ0v) is 19.9. The molecule has 2 aromatic carbocycles. The molecule has 1 saturated heterocycles. The third kappa shape index (κ3) is 5.21. The van der Waals surface area contributed by atoms with Gasteiger partial charge in [0.2, 0.25) is 0 Å². The molecule has 3 rings (SSSR count). The molecule has 6 nitrogen and oxygen atoms in total. The molecule has 1 heterocycles. The summed E-state index contributed by atoms with van der Waals surface area (Å²) in [5, 5.41) is 11.2. The number of ketones is 1. The molecule has 0 radical (unpaired) electrons. The third-order valence-corrected chi connectivity index (χ3v) is 5.71. The first-order chi connectivity index (χ1) is 15.9. The first-order valence-electron chi connectivity index (χ1n) is 11.7. The van der Waals surface area contributed by atoms with Crippen LogP contribution in [0, 0.1) is 6.92 Å². The van der Waals surface area contributed by atoms with Crippen molar-refractivity contribution >= 4 is 17.4 Å². The van der Waals surface area contributed by atoms with Gasteiger partial charge in [-0.1, -0.05) is 32.4 Å². The molecule has 1 aliphatic rings. The van der Waals surface area contributed by atoms with Crippen molar-refractivity contribution in [2.24, 2.45) is 0 Å². The minimum atomic E-state index is -0.661. The van der Waals surface area contributed by atoms with Gasteiger partial charge in [-0.05, 0) is 68.1 Å². The number of nitrogens with zero attached hydrogens (tertiary/aromatic N) is 1. The van der Waals surface area contributed by atoms with Crippen molar-refractivity contribution < 1.29 is 24.2 Å². The molecule has 6 heteroatoms. The van der Waals surface area contributed by atoms with Gasteiger partial charge in [-0.15, -0.1) is 0 Å². The SMILES string of the molecule is CCCCN1C(=O)C(=O)/C(=C(\O)c2ccc(OCC)c(C)c2)C1c1ccc(OCCC)cc1. The number of carbonyl (C=O) groups excluding carboxylic acids is 2. The lowest BCUT2D eigenvalue weighted by Crippen LogP contribution is -2.30. The van der Waals surface area contributed by atoms with E-state index < -0.39 is 17.7 Å². The maximum atomic E-state index is 13.1. The fraction of sp³-hybridized carbons (Fsp3) is 0.407. The first-order valence-corrected chi connectivity index (χ1v) is 11.7. The van der Waals surface area contributed by atoms with E-state index in [2.05, 4.69) is 0 Å². The van der Waals surface area contributed by atoms with Gasteiger partial charge in [0.25, 0.3) is 11.7 Å².